The minimum atomic E-state index is 0.568. The van der Waals surface area contributed by atoms with Gasteiger partial charge in [0.05, 0.1) is 11.4 Å². The largest absolute Gasteiger partial charge is 0.324 e. The van der Waals surface area contributed by atoms with E-state index in [1.165, 1.54) is 12.2 Å². The van der Waals surface area contributed by atoms with Crippen LogP contribution in [0.4, 0.5) is 5.69 Å². The number of hydrogen-bond acceptors (Lipinski definition) is 5. The zero-order valence-electron chi connectivity index (χ0n) is 10.8. The van der Waals surface area contributed by atoms with Crippen molar-refractivity contribution in [3.8, 4) is 0 Å². The maximum absolute atomic E-state index is 5.38. The molecular weight excluding hydrogens is 232 g/mol. The van der Waals surface area contributed by atoms with E-state index >= 15 is 0 Å². The quantitative estimate of drug-likeness (QED) is 0.575. The van der Waals surface area contributed by atoms with Crippen LogP contribution in [0.1, 0.15) is 19.0 Å². The first kappa shape index (κ1) is 14.3. The molecule has 96 valence electrons. The van der Waals surface area contributed by atoms with Crippen LogP contribution in [0.5, 0.6) is 0 Å². The summed E-state index contributed by atoms with van der Waals surface area (Å²) in [5, 5.41) is 0. The Kier molecular flexibility index (Phi) is 6.32. The van der Waals surface area contributed by atoms with Crippen molar-refractivity contribution in [2.45, 2.75) is 25.9 Å². The monoisotopic (exact) mass is 254 g/mol. The number of aromatic nitrogens is 1. The van der Waals surface area contributed by atoms with Crippen LogP contribution < -0.4 is 11.3 Å². The fourth-order valence-electron chi connectivity index (χ4n) is 1.57. The number of nitrogens with one attached hydrogen (secondary N) is 1. The molecule has 0 saturated heterocycles. The molecule has 0 fully saturated rings. The van der Waals surface area contributed by atoms with Gasteiger partial charge in [-0.3, -0.25) is 15.7 Å². The van der Waals surface area contributed by atoms with Gasteiger partial charge in [-0.2, -0.15) is 11.8 Å². The van der Waals surface area contributed by atoms with Crippen molar-refractivity contribution in [3.05, 3.63) is 24.0 Å². The molecule has 1 rings (SSSR count). The van der Waals surface area contributed by atoms with Gasteiger partial charge in [0, 0.05) is 18.8 Å². The summed E-state index contributed by atoms with van der Waals surface area (Å²) in [6.07, 6.45) is 5.13. The average Bonchev–Trinajstić information content (AvgIpc) is 2.36. The molecule has 0 aliphatic rings. The Balaban J connectivity index is 2.51. The average molecular weight is 254 g/mol. The Labute approximate surface area is 108 Å². The number of thioether (sulfide) groups is 1. The molecule has 0 aliphatic carbocycles. The van der Waals surface area contributed by atoms with Gasteiger partial charge in [-0.15, -0.1) is 0 Å². The van der Waals surface area contributed by atoms with E-state index in [4.69, 9.17) is 5.84 Å². The zero-order valence-corrected chi connectivity index (χ0v) is 11.6. The molecule has 0 saturated carbocycles. The van der Waals surface area contributed by atoms with Crippen molar-refractivity contribution in [2.75, 3.05) is 24.5 Å². The lowest BCUT2D eigenvalue weighted by atomic mass is 10.2. The first-order valence-corrected chi connectivity index (χ1v) is 7.17. The minimum Gasteiger partial charge on any atom is -0.324 e. The van der Waals surface area contributed by atoms with Gasteiger partial charge in [0.15, 0.2) is 0 Å². The highest BCUT2D eigenvalue weighted by atomic mass is 32.2. The summed E-state index contributed by atoms with van der Waals surface area (Å²) in [5.41, 5.74) is 4.59. The van der Waals surface area contributed by atoms with Crippen molar-refractivity contribution in [3.63, 3.8) is 0 Å². The lowest BCUT2D eigenvalue weighted by Gasteiger charge is -2.24. The van der Waals surface area contributed by atoms with E-state index in [9.17, 15) is 0 Å². The molecular formula is C12H22N4S. The SMILES string of the molecule is CSCCC(C)N(C)Cc1cc(NN)ccn1. The number of nitrogens with two attached hydrogens (primary N) is 1. The highest BCUT2D eigenvalue weighted by Gasteiger charge is 2.09. The number of pyridine rings is 1. The van der Waals surface area contributed by atoms with Crippen LogP contribution in [0.15, 0.2) is 18.3 Å². The van der Waals surface area contributed by atoms with Gasteiger partial charge in [-0.1, -0.05) is 0 Å². The molecule has 5 heteroatoms. The van der Waals surface area contributed by atoms with Crippen LogP contribution in [0.2, 0.25) is 0 Å². The lowest BCUT2D eigenvalue weighted by molar-refractivity contribution is 0.242. The van der Waals surface area contributed by atoms with Crippen LogP contribution >= 0.6 is 11.8 Å². The first-order chi connectivity index (χ1) is 8.17. The van der Waals surface area contributed by atoms with Crippen molar-refractivity contribution in [2.24, 2.45) is 5.84 Å². The number of nitrogen functional groups attached to an aromatic ring is 1. The molecule has 1 aromatic heterocycles. The van der Waals surface area contributed by atoms with E-state index in [0.717, 1.165) is 17.9 Å². The highest BCUT2D eigenvalue weighted by Crippen LogP contribution is 2.12. The van der Waals surface area contributed by atoms with E-state index in [1.807, 2.05) is 23.9 Å². The second kappa shape index (κ2) is 7.53. The fraction of sp³-hybridized carbons (Fsp3) is 0.583. The molecule has 1 aromatic rings. The van der Waals surface area contributed by atoms with Crippen LogP contribution in [0.25, 0.3) is 0 Å². The molecule has 3 N–H and O–H groups in total. The van der Waals surface area contributed by atoms with Gasteiger partial charge in [0.1, 0.15) is 0 Å². The topological polar surface area (TPSA) is 54.2 Å². The van der Waals surface area contributed by atoms with Crippen LogP contribution in [-0.2, 0) is 6.54 Å². The van der Waals surface area contributed by atoms with E-state index in [2.05, 4.69) is 35.5 Å². The molecule has 0 bridgehead atoms. The lowest BCUT2D eigenvalue weighted by Crippen LogP contribution is -2.29. The molecule has 17 heavy (non-hydrogen) atoms. The van der Waals surface area contributed by atoms with Crippen molar-refractivity contribution < 1.29 is 0 Å². The van der Waals surface area contributed by atoms with Crippen LogP contribution in [-0.4, -0.2) is 35.0 Å². The smallest absolute Gasteiger partial charge is 0.0564 e. The third-order valence-electron chi connectivity index (χ3n) is 2.89. The predicted octanol–water partition coefficient (Wildman–Crippen LogP) is 1.94. The van der Waals surface area contributed by atoms with Gasteiger partial charge in [-0.05, 0) is 44.5 Å². The molecule has 0 spiro atoms. The molecule has 0 radical (unpaired) electrons. The number of hydrogen-bond donors (Lipinski definition) is 2. The second-order valence-corrected chi connectivity index (χ2v) is 5.21. The van der Waals surface area contributed by atoms with Crippen LogP contribution in [0, 0.1) is 0 Å². The summed E-state index contributed by atoms with van der Waals surface area (Å²) in [4.78, 5) is 6.67. The zero-order chi connectivity index (χ0) is 12.7. The summed E-state index contributed by atoms with van der Waals surface area (Å²) in [7, 11) is 2.13. The van der Waals surface area contributed by atoms with E-state index < -0.39 is 0 Å². The van der Waals surface area contributed by atoms with Gasteiger partial charge < -0.3 is 5.43 Å². The molecule has 1 heterocycles. The number of nitrogens with zero attached hydrogens (tertiary/aromatic N) is 2. The molecule has 0 aromatic carbocycles. The number of hydrazine groups is 1. The van der Waals surface area contributed by atoms with Gasteiger partial charge in [-0.25, -0.2) is 0 Å². The summed E-state index contributed by atoms with van der Waals surface area (Å²) in [6, 6.07) is 4.41. The predicted molar refractivity (Wildman–Crippen MR) is 76.0 cm³/mol. The normalized spacial score (nSPS) is 12.8. The highest BCUT2D eigenvalue weighted by molar-refractivity contribution is 7.98. The maximum Gasteiger partial charge on any atom is 0.0564 e. The Morgan fingerprint density at radius 3 is 3.00 bits per heavy atom. The Hall–Kier alpha value is -0.780. The number of rotatable bonds is 7. The van der Waals surface area contributed by atoms with Gasteiger partial charge >= 0.3 is 0 Å². The van der Waals surface area contributed by atoms with Crippen molar-refractivity contribution in [1.82, 2.24) is 9.88 Å². The third kappa shape index (κ3) is 4.93. The van der Waals surface area contributed by atoms with E-state index in [1.54, 1.807) is 6.20 Å². The minimum absolute atomic E-state index is 0.568. The van der Waals surface area contributed by atoms with Gasteiger partial charge in [0.2, 0.25) is 0 Å². The van der Waals surface area contributed by atoms with Crippen molar-refractivity contribution in [1.29, 1.82) is 0 Å². The Bertz CT molecular complexity index is 332. The fourth-order valence-corrected chi connectivity index (χ4v) is 2.15. The molecule has 1 atom stereocenters. The Morgan fingerprint density at radius 2 is 2.35 bits per heavy atom. The van der Waals surface area contributed by atoms with Gasteiger partial charge in [0.25, 0.3) is 0 Å². The molecule has 1 unspecified atom stereocenters. The molecule has 0 aliphatic heterocycles. The summed E-state index contributed by atoms with van der Waals surface area (Å²) in [6.45, 7) is 3.10. The van der Waals surface area contributed by atoms with E-state index in [-0.39, 0.29) is 0 Å². The molecule has 4 nitrogen and oxygen atoms in total. The summed E-state index contributed by atoms with van der Waals surface area (Å²) < 4.78 is 0. The number of anilines is 1. The maximum atomic E-state index is 5.38. The summed E-state index contributed by atoms with van der Waals surface area (Å²) in [5.74, 6) is 6.58. The second-order valence-electron chi connectivity index (χ2n) is 4.23. The standard InChI is InChI=1S/C12H22N4S/c1-10(5-7-17-3)16(2)9-12-8-11(15-13)4-6-14-12/h4,6,8,10H,5,7,9,13H2,1-3H3,(H,14,15). The van der Waals surface area contributed by atoms with Crippen LogP contribution in [0.3, 0.4) is 0 Å². The first-order valence-electron chi connectivity index (χ1n) is 5.78. The third-order valence-corrected chi connectivity index (χ3v) is 3.53. The molecule has 0 amide bonds. The Morgan fingerprint density at radius 1 is 1.59 bits per heavy atom. The summed E-state index contributed by atoms with van der Waals surface area (Å²) >= 11 is 1.89. The van der Waals surface area contributed by atoms with Crippen molar-refractivity contribution >= 4 is 17.4 Å². The van der Waals surface area contributed by atoms with E-state index in [0.29, 0.717) is 6.04 Å².